The highest BCUT2D eigenvalue weighted by molar-refractivity contribution is 4.86. The summed E-state index contributed by atoms with van der Waals surface area (Å²) in [6, 6.07) is 0. The Kier molecular flexibility index (Phi) is 4.91. The summed E-state index contributed by atoms with van der Waals surface area (Å²) < 4.78 is 7.85. The molecule has 0 aliphatic heterocycles. The zero-order chi connectivity index (χ0) is 13.8. The molecule has 1 heterocycles. The van der Waals surface area contributed by atoms with E-state index in [4.69, 9.17) is 4.74 Å². The normalized spacial score (nSPS) is 13.0. The van der Waals surface area contributed by atoms with E-state index in [1.54, 1.807) is 0 Å². The van der Waals surface area contributed by atoms with Crippen molar-refractivity contribution in [3.05, 3.63) is 11.9 Å². The van der Waals surface area contributed by atoms with E-state index < -0.39 is 0 Å². The predicted molar refractivity (Wildman–Crippen MR) is 73.5 cm³/mol. The smallest absolute Gasteiger partial charge is 0.0796 e. The van der Waals surface area contributed by atoms with Crippen molar-refractivity contribution < 1.29 is 4.74 Å². The average Bonchev–Trinajstić information content (AvgIpc) is 2.59. The number of aryl methyl sites for hydroxylation is 2. The van der Waals surface area contributed by atoms with Crippen LogP contribution in [0, 0.1) is 12.3 Å². The van der Waals surface area contributed by atoms with Crippen molar-refractivity contribution in [3.8, 4) is 0 Å². The van der Waals surface area contributed by atoms with Crippen LogP contribution >= 0.6 is 0 Å². The molecule has 0 N–H and O–H groups in total. The quantitative estimate of drug-likeness (QED) is 0.781. The van der Waals surface area contributed by atoms with Crippen molar-refractivity contribution in [3.63, 3.8) is 0 Å². The molecule has 0 spiro atoms. The molecule has 104 valence electrons. The first kappa shape index (κ1) is 15.2. The number of hydrogen-bond donors (Lipinski definition) is 0. The second-order valence-corrected chi connectivity index (χ2v) is 6.79. The van der Waals surface area contributed by atoms with Gasteiger partial charge in [0.05, 0.1) is 11.3 Å². The third kappa shape index (κ3) is 6.15. The summed E-state index contributed by atoms with van der Waals surface area (Å²) in [5.74, 6) is 0. The van der Waals surface area contributed by atoms with Crippen LogP contribution in [0.15, 0.2) is 6.20 Å². The topological polar surface area (TPSA) is 39.9 Å². The first-order valence-electron chi connectivity index (χ1n) is 6.69. The predicted octanol–water partition coefficient (Wildman–Crippen LogP) is 3.21. The first-order chi connectivity index (χ1) is 8.18. The second kappa shape index (κ2) is 5.83. The van der Waals surface area contributed by atoms with Crippen LogP contribution in [0.5, 0.6) is 0 Å². The zero-order valence-electron chi connectivity index (χ0n) is 12.7. The highest BCUT2D eigenvalue weighted by atomic mass is 16.5. The lowest BCUT2D eigenvalue weighted by Gasteiger charge is -2.27. The third-order valence-electron chi connectivity index (χ3n) is 2.94. The van der Waals surface area contributed by atoms with Gasteiger partial charge in [0.25, 0.3) is 0 Å². The van der Waals surface area contributed by atoms with E-state index >= 15 is 0 Å². The van der Waals surface area contributed by atoms with Gasteiger partial charge in [-0.15, -0.1) is 5.10 Å². The van der Waals surface area contributed by atoms with E-state index in [-0.39, 0.29) is 5.60 Å². The van der Waals surface area contributed by atoms with Crippen LogP contribution in [-0.4, -0.2) is 27.2 Å². The molecule has 4 heteroatoms. The van der Waals surface area contributed by atoms with Crippen molar-refractivity contribution in [2.24, 2.45) is 5.41 Å². The van der Waals surface area contributed by atoms with E-state index in [0.29, 0.717) is 5.41 Å². The molecule has 0 fully saturated rings. The summed E-state index contributed by atoms with van der Waals surface area (Å²) >= 11 is 0. The van der Waals surface area contributed by atoms with Crippen LogP contribution in [0.4, 0.5) is 0 Å². The minimum Gasteiger partial charge on any atom is -0.375 e. The van der Waals surface area contributed by atoms with Gasteiger partial charge in [-0.3, -0.25) is 4.68 Å². The van der Waals surface area contributed by atoms with Crippen LogP contribution in [0.3, 0.4) is 0 Å². The summed E-state index contributed by atoms with van der Waals surface area (Å²) in [5, 5.41) is 8.03. The highest BCUT2D eigenvalue weighted by Crippen LogP contribution is 2.22. The van der Waals surface area contributed by atoms with Gasteiger partial charge in [0.2, 0.25) is 0 Å². The summed E-state index contributed by atoms with van der Waals surface area (Å²) in [6.07, 6.45) is 3.99. The Hall–Kier alpha value is -0.900. The van der Waals surface area contributed by atoms with Crippen molar-refractivity contribution >= 4 is 0 Å². The first-order valence-corrected chi connectivity index (χ1v) is 6.69. The molecule has 0 saturated carbocycles. The van der Waals surface area contributed by atoms with Crippen LogP contribution in [0.1, 0.15) is 53.2 Å². The molecule has 1 aromatic heterocycles. The minimum absolute atomic E-state index is 0.106. The number of rotatable bonds is 6. The lowest BCUT2D eigenvalue weighted by molar-refractivity contribution is -0.0360. The molecule has 0 atom stereocenters. The lowest BCUT2D eigenvalue weighted by Crippen LogP contribution is -2.28. The van der Waals surface area contributed by atoms with E-state index in [9.17, 15) is 0 Å². The molecular weight excluding hydrogens is 226 g/mol. The summed E-state index contributed by atoms with van der Waals surface area (Å²) in [6.45, 7) is 14.6. The third-order valence-corrected chi connectivity index (χ3v) is 2.94. The Balaban J connectivity index is 2.31. The largest absolute Gasteiger partial charge is 0.375 e. The Morgan fingerprint density at radius 1 is 1.17 bits per heavy atom. The Labute approximate surface area is 111 Å². The standard InChI is InChI=1S/C14H27N3O/c1-12-11-17(16-15-12)9-7-14(5,6)18-10-8-13(2,3)4/h11H,7-10H2,1-6H3. The van der Waals surface area contributed by atoms with E-state index in [0.717, 1.165) is 31.7 Å². The number of aromatic nitrogens is 3. The van der Waals surface area contributed by atoms with Gasteiger partial charge in [-0.1, -0.05) is 26.0 Å². The van der Waals surface area contributed by atoms with Gasteiger partial charge in [0.15, 0.2) is 0 Å². The number of nitrogens with zero attached hydrogens (tertiary/aromatic N) is 3. The molecule has 0 unspecified atom stereocenters. The SMILES string of the molecule is Cc1cn(CCC(C)(C)OCCC(C)(C)C)nn1. The Bertz CT molecular complexity index is 363. The Morgan fingerprint density at radius 2 is 1.83 bits per heavy atom. The van der Waals surface area contributed by atoms with Crippen LogP contribution in [-0.2, 0) is 11.3 Å². The maximum atomic E-state index is 5.97. The van der Waals surface area contributed by atoms with Crippen LogP contribution in [0.25, 0.3) is 0 Å². The molecule has 0 bridgehead atoms. The molecule has 0 aromatic carbocycles. The molecule has 0 saturated heterocycles. The van der Waals surface area contributed by atoms with Gasteiger partial charge in [-0.25, -0.2) is 0 Å². The van der Waals surface area contributed by atoms with E-state index in [2.05, 4.69) is 44.9 Å². The summed E-state index contributed by atoms with van der Waals surface area (Å²) in [5.41, 5.74) is 1.19. The van der Waals surface area contributed by atoms with Crippen molar-refractivity contribution in [2.45, 2.75) is 66.5 Å². The van der Waals surface area contributed by atoms with Gasteiger partial charge in [0.1, 0.15) is 0 Å². The maximum absolute atomic E-state index is 5.97. The molecule has 1 aromatic rings. The van der Waals surface area contributed by atoms with Gasteiger partial charge in [-0.2, -0.15) is 0 Å². The summed E-state index contributed by atoms with van der Waals surface area (Å²) in [4.78, 5) is 0. The van der Waals surface area contributed by atoms with E-state index in [1.165, 1.54) is 0 Å². The monoisotopic (exact) mass is 253 g/mol. The number of ether oxygens (including phenoxy) is 1. The fraction of sp³-hybridized carbons (Fsp3) is 0.857. The lowest BCUT2D eigenvalue weighted by atomic mass is 9.93. The molecule has 0 aliphatic carbocycles. The van der Waals surface area contributed by atoms with Gasteiger partial charge in [-0.05, 0) is 39.0 Å². The van der Waals surface area contributed by atoms with Crippen molar-refractivity contribution in [2.75, 3.05) is 6.61 Å². The van der Waals surface area contributed by atoms with Gasteiger partial charge < -0.3 is 4.74 Å². The molecule has 4 nitrogen and oxygen atoms in total. The number of hydrogen-bond acceptors (Lipinski definition) is 3. The molecule has 1 rings (SSSR count). The van der Waals surface area contributed by atoms with Crippen molar-refractivity contribution in [1.29, 1.82) is 0 Å². The fourth-order valence-corrected chi connectivity index (χ4v) is 1.59. The van der Waals surface area contributed by atoms with E-state index in [1.807, 2.05) is 17.8 Å². The maximum Gasteiger partial charge on any atom is 0.0796 e. The molecule has 0 radical (unpaired) electrons. The minimum atomic E-state index is -0.106. The molecular formula is C14H27N3O. The van der Waals surface area contributed by atoms with Gasteiger partial charge >= 0.3 is 0 Å². The van der Waals surface area contributed by atoms with Gasteiger partial charge in [0, 0.05) is 19.3 Å². The van der Waals surface area contributed by atoms with Crippen LogP contribution < -0.4 is 0 Å². The molecule has 0 amide bonds. The Morgan fingerprint density at radius 3 is 2.33 bits per heavy atom. The molecule has 0 aliphatic rings. The highest BCUT2D eigenvalue weighted by Gasteiger charge is 2.20. The van der Waals surface area contributed by atoms with Crippen LogP contribution in [0.2, 0.25) is 0 Å². The fourth-order valence-electron chi connectivity index (χ4n) is 1.59. The van der Waals surface area contributed by atoms with Crippen molar-refractivity contribution in [1.82, 2.24) is 15.0 Å². The summed E-state index contributed by atoms with van der Waals surface area (Å²) in [7, 11) is 0. The zero-order valence-corrected chi connectivity index (χ0v) is 12.7. The average molecular weight is 253 g/mol. The molecule has 18 heavy (non-hydrogen) atoms. The second-order valence-electron chi connectivity index (χ2n) is 6.79.